The first-order chi connectivity index (χ1) is 12.8. The third-order valence-corrected chi connectivity index (χ3v) is 5.72. The van der Waals surface area contributed by atoms with Gasteiger partial charge in [-0.15, -0.1) is 0 Å². The molecule has 5 nitrogen and oxygen atoms in total. The molecule has 1 aliphatic heterocycles. The second-order valence-corrected chi connectivity index (χ2v) is 7.56. The van der Waals surface area contributed by atoms with Crippen LogP contribution in [0.2, 0.25) is 0 Å². The quantitative estimate of drug-likeness (QED) is 0.464. The largest absolute Gasteiger partial charge is 0.496 e. The first kappa shape index (κ1) is 19.0. The van der Waals surface area contributed by atoms with E-state index in [0.717, 1.165) is 18.8 Å². The average molecular weight is 359 g/mol. The molecule has 2 aliphatic rings. The molecule has 1 saturated heterocycles. The van der Waals surface area contributed by atoms with Crippen LogP contribution in [0.1, 0.15) is 63.0 Å². The highest BCUT2D eigenvalue weighted by molar-refractivity contribution is 5.78. The molecule has 1 atom stereocenters. The Bertz CT molecular complexity index is 575. The topological polar surface area (TPSA) is 62.9 Å². The molecule has 1 aliphatic carbocycles. The van der Waals surface area contributed by atoms with Crippen molar-refractivity contribution in [3.05, 3.63) is 29.8 Å². The zero-order valence-corrected chi connectivity index (χ0v) is 16.1. The lowest BCUT2D eigenvalue weighted by Gasteiger charge is -2.28. The van der Waals surface area contributed by atoms with Crippen LogP contribution in [0.5, 0.6) is 5.75 Å². The number of methoxy groups -OCH3 is 1. The molecule has 144 valence electrons. The zero-order valence-electron chi connectivity index (χ0n) is 16.1. The summed E-state index contributed by atoms with van der Waals surface area (Å²) in [5.74, 6) is 1.53. The monoisotopic (exact) mass is 358 g/mol. The molecule has 0 amide bonds. The smallest absolute Gasteiger partial charge is 0.188 e. The number of nitrogens with zero attached hydrogens (tertiary/aromatic N) is 2. The summed E-state index contributed by atoms with van der Waals surface area (Å²) in [6.07, 6.45) is 10.2. The maximum atomic E-state index is 6.24. The maximum absolute atomic E-state index is 6.24. The lowest BCUT2D eigenvalue weighted by atomic mass is 10.0. The number of guanidine groups is 1. The van der Waals surface area contributed by atoms with E-state index in [2.05, 4.69) is 22.3 Å². The second-order valence-electron chi connectivity index (χ2n) is 7.56. The molecule has 1 aromatic rings. The van der Waals surface area contributed by atoms with Gasteiger partial charge in [-0.25, -0.2) is 0 Å². The lowest BCUT2D eigenvalue weighted by molar-refractivity contribution is 0.245. The Morgan fingerprint density at radius 2 is 1.85 bits per heavy atom. The van der Waals surface area contributed by atoms with Crippen LogP contribution in [0.15, 0.2) is 29.3 Å². The number of rotatable bonds is 6. The van der Waals surface area contributed by atoms with E-state index in [4.69, 9.17) is 15.5 Å². The summed E-state index contributed by atoms with van der Waals surface area (Å²) < 4.78 is 5.61. The van der Waals surface area contributed by atoms with Gasteiger partial charge in [0, 0.05) is 11.6 Å². The summed E-state index contributed by atoms with van der Waals surface area (Å²) in [7, 11) is 1.74. The molecule has 0 bridgehead atoms. The van der Waals surface area contributed by atoms with E-state index in [9.17, 15) is 0 Å². The Hall–Kier alpha value is -1.75. The SMILES string of the molecule is COc1ccccc1C(CN=C(N)NC1CCCCCC1)N1CCCC1. The van der Waals surface area contributed by atoms with Gasteiger partial charge in [0.15, 0.2) is 5.96 Å². The van der Waals surface area contributed by atoms with Gasteiger partial charge >= 0.3 is 0 Å². The normalized spacial score (nSPS) is 21.3. The van der Waals surface area contributed by atoms with E-state index < -0.39 is 0 Å². The van der Waals surface area contributed by atoms with E-state index in [-0.39, 0.29) is 6.04 Å². The predicted molar refractivity (Wildman–Crippen MR) is 108 cm³/mol. The molecule has 0 aromatic heterocycles. The highest BCUT2D eigenvalue weighted by Gasteiger charge is 2.25. The number of benzene rings is 1. The second kappa shape index (κ2) is 9.81. The lowest BCUT2D eigenvalue weighted by Crippen LogP contribution is -2.40. The van der Waals surface area contributed by atoms with Crippen LogP contribution in [0, 0.1) is 0 Å². The summed E-state index contributed by atoms with van der Waals surface area (Å²) in [5, 5.41) is 3.46. The molecular formula is C21H34N4O. The van der Waals surface area contributed by atoms with Gasteiger partial charge < -0.3 is 15.8 Å². The summed E-state index contributed by atoms with van der Waals surface area (Å²) in [4.78, 5) is 7.25. The minimum atomic E-state index is 0.225. The van der Waals surface area contributed by atoms with Crippen molar-refractivity contribution < 1.29 is 4.74 Å². The molecule has 1 heterocycles. The fourth-order valence-electron chi connectivity index (χ4n) is 4.27. The number of nitrogens with two attached hydrogens (primary N) is 1. The number of likely N-dealkylation sites (tertiary alicyclic amines) is 1. The van der Waals surface area contributed by atoms with Gasteiger partial charge in [0.1, 0.15) is 5.75 Å². The summed E-state index contributed by atoms with van der Waals surface area (Å²) in [6.45, 7) is 2.91. The first-order valence-corrected chi connectivity index (χ1v) is 10.2. The number of ether oxygens (including phenoxy) is 1. The van der Waals surface area contributed by atoms with Gasteiger partial charge in [-0.05, 0) is 44.8 Å². The van der Waals surface area contributed by atoms with Crippen molar-refractivity contribution in [1.82, 2.24) is 10.2 Å². The van der Waals surface area contributed by atoms with E-state index in [1.54, 1.807) is 7.11 Å². The van der Waals surface area contributed by atoms with Crippen molar-refractivity contribution >= 4 is 5.96 Å². The molecule has 1 saturated carbocycles. The van der Waals surface area contributed by atoms with Crippen molar-refractivity contribution in [3.63, 3.8) is 0 Å². The number of hydrogen-bond donors (Lipinski definition) is 2. The molecule has 3 rings (SSSR count). The van der Waals surface area contributed by atoms with Crippen molar-refractivity contribution in [3.8, 4) is 5.75 Å². The molecule has 26 heavy (non-hydrogen) atoms. The van der Waals surface area contributed by atoms with Crippen molar-refractivity contribution in [2.24, 2.45) is 10.7 Å². The summed E-state index contributed by atoms with van der Waals surface area (Å²) in [5.41, 5.74) is 7.45. The van der Waals surface area contributed by atoms with Crippen LogP contribution in [-0.2, 0) is 0 Å². The van der Waals surface area contributed by atoms with Crippen LogP contribution in [0.3, 0.4) is 0 Å². The first-order valence-electron chi connectivity index (χ1n) is 10.2. The van der Waals surface area contributed by atoms with Gasteiger partial charge in [-0.3, -0.25) is 9.89 Å². The average Bonchev–Trinajstić information content (AvgIpc) is 3.07. The van der Waals surface area contributed by atoms with E-state index in [1.165, 1.54) is 56.9 Å². The Morgan fingerprint density at radius 1 is 1.15 bits per heavy atom. The van der Waals surface area contributed by atoms with Crippen LogP contribution in [0.4, 0.5) is 0 Å². The third kappa shape index (κ3) is 5.13. The molecule has 3 N–H and O–H groups in total. The van der Waals surface area contributed by atoms with Crippen LogP contribution < -0.4 is 15.8 Å². The molecule has 5 heteroatoms. The molecule has 0 spiro atoms. The number of hydrogen-bond acceptors (Lipinski definition) is 3. The van der Waals surface area contributed by atoms with Gasteiger partial charge in [0.05, 0.1) is 19.7 Å². The Kier molecular flexibility index (Phi) is 7.18. The molecule has 1 aromatic carbocycles. The fraction of sp³-hybridized carbons (Fsp3) is 0.667. The third-order valence-electron chi connectivity index (χ3n) is 5.72. The van der Waals surface area contributed by atoms with Crippen LogP contribution >= 0.6 is 0 Å². The molecular weight excluding hydrogens is 324 g/mol. The van der Waals surface area contributed by atoms with Crippen molar-refractivity contribution in [1.29, 1.82) is 0 Å². The Balaban J connectivity index is 1.69. The number of para-hydroxylation sites is 1. The fourth-order valence-corrected chi connectivity index (χ4v) is 4.27. The Morgan fingerprint density at radius 3 is 2.54 bits per heavy atom. The van der Waals surface area contributed by atoms with Gasteiger partial charge in [0.2, 0.25) is 0 Å². The minimum absolute atomic E-state index is 0.225. The number of aliphatic imine (C=N–C) groups is 1. The molecule has 2 fully saturated rings. The zero-order chi connectivity index (χ0) is 18.2. The standard InChI is InChI=1S/C21H34N4O/c1-26-20-13-7-6-12-18(20)19(25-14-8-9-15-25)16-23-21(22)24-17-10-4-2-3-5-11-17/h6-7,12-13,17,19H,2-5,8-11,14-16H2,1H3,(H3,22,23,24). The van der Waals surface area contributed by atoms with Gasteiger partial charge in [-0.2, -0.15) is 0 Å². The molecule has 0 radical (unpaired) electrons. The van der Waals surface area contributed by atoms with Gasteiger partial charge in [-0.1, -0.05) is 43.9 Å². The summed E-state index contributed by atoms with van der Waals surface area (Å²) in [6, 6.07) is 9.01. The van der Waals surface area contributed by atoms with Gasteiger partial charge in [0.25, 0.3) is 0 Å². The van der Waals surface area contributed by atoms with E-state index in [1.807, 2.05) is 12.1 Å². The number of nitrogens with one attached hydrogen (secondary N) is 1. The van der Waals surface area contributed by atoms with E-state index in [0.29, 0.717) is 18.5 Å². The predicted octanol–water partition coefficient (Wildman–Crippen LogP) is 3.46. The van der Waals surface area contributed by atoms with Crippen molar-refractivity contribution in [2.45, 2.75) is 63.5 Å². The summed E-state index contributed by atoms with van der Waals surface area (Å²) >= 11 is 0. The van der Waals surface area contributed by atoms with Crippen LogP contribution in [0.25, 0.3) is 0 Å². The molecule has 1 unspecified atom stereocenters. The van der Waals surface area contributed by atoms with E-state index >= 15 is 0 Å². The highest BCUT2D eigenvalue weighted by atomic mass is 16.5. The Labute approximate surface area is 158 Å². The van der Waals surface area contributed by atoms with Crippen LogP contribution in [-0.4, -0.2) is 43.6 Å². The van der Waals surface area contributed by atoms with Crippen molar-refractivity contribution in [2.75, 3.05) is 26.7 Å². The minimum Gasteiger partial charge on any atom is -0.496 e. The highest BCUT2D eigenvalue weighted by Crippen LogP contribution is 2.31. The maximum Gasteiger partial charge on any atom is 0.188 e.